The van der Waals surface area contributed by atoms with Gasteiger partial charge >= 0.3 is 5.97 Å². The number of carbonyl (C=O) groups excluding carboxylic acids is 1. The van der Waals surface area contributed by atoms with Crippen molar-refractivity contribution >= 4 is 5.97 Å². The highest BCUT2D eigenvalue weighted by atomic mass is 16.6. The summed E-state index contributed by atoms with van der Waals surface area (Å²) in [6.45, 7) is 1.84. The Morgan fingerprint density at radius 3 is 2.83 bits per heavy atom. The van der Waals surface area contributed by atoms with E-state index in [1.54, 1.807) is 0 Å². The molecule has 0 aromatic heterocycles. The van der Waals surface area contributed by atoms with E-state index in [2.05, 4.69) is 11.4 Å². The SMILES string of the molecule is COC(=O)C1OC2(CCNCC2)c2ccccc21. The summed E-state index contributed by atoms with van der Waals surface area (Å²) in [5.74, 6) is -0.308. The molecule has 4 nitrogen and oxygen atoms in total. The van der Waals surface area contributed by atoms with E-state index in [0.29, 0.717) is 0 Å². The van der Waals surface area contributed by atoms with Gasteiger partial charge in [-0.15, -0.1) is 0 Å². The predicted molar refractivity (Wildman–Crippen MR) is 66.1 cm³/mol. The maximum atomic E-state index is 11.8. The van der Waals surface area contributed by atoms with Crippen molar-refractivity contribution in [3.05, 3.63) is 35.4 Å². The standard InChI is InChI=1S/C14H17NO3/c1-17-13(16)12-10-4-2-3-5-11(10)14(18-12)6-8-15-9-7-14/h2-5,12,15H,6-9H2,1H3. The van der Waals surface area contributed by atoms with Crippen molar-refractivity contribution < 1.29 is 14.3 Å². The van der Waals surface area contributed by atoms with Gasteiger partial charge in [0.05, 0.1) is 12.7 Å². The zero-order chi connectivity index (χ0) is 12.6. The van der Waals surface area contributed by atoms with Gasteiger partial charge < -0.3 is 14.8 Å². The monoisotopic (exact) mass is 247 g/mol. The third kappa shape index (κ3) is 1.64. The zero-order valence-electron chi connectivity index (χ0n) is 10.4. The van der Waals surface area contributed by atoms with Gasteiger partial charge in [-0.05, 0) is 37.1 Å². The van der Waals surface area contributed by atoms with Crippen LogP contribution in [0.4, 0.5) is 0 Å². The van der Waals surface area contributed by atoms with Gasteiger partial charge in [0.15, 0.2) is 6.10 Å². The normalized spacial score (nSPS) is 24.8. The van der Waals surface area contributed by atoms with Crippen molar-refractivity contribution in [2.24, 2.45) is 0 Å². The quantitative estimate of drug-likeness (QED) is 0.764. The Bertz CT molecular complexity index is 466. The van der Waals surface area contributed by atoms with Crippen molar-refractivity contribution in [3.8, 4) is 0 Å². The van der Waals surface area contributed by atoms with Gasteiger partial charge in [-0.3, -0.25) is 0 Å². The Kier molecular flexibility index (Phi) is 2.84. The van der Waals surface area contributed by atoms with E-state index in [-0.39, 0.29) is 11.6 Å². The fraction of sp³-hybridized carbons (Fsp3) is 0.500. The highest BCUT2D eigenvalue weighted by Crippen LogP contribution is 2.48. The lowest BCUT2D eigenvalue weighted by Crippen LogP contribution is -2.40. The van der Waals surface area contributed by atoms with Gasteiger partial charge in [-0.25, -0.2) is 4.79 Å². The van der Waals surface area contributed by atoms with E-state index >= 15 is 0 Å². The number of piperidine rings is 1. The molecular formula is C14H17NO3. The minimum absolute atomic E-state index is 0.305. The molecule has 1 unspecified atom stereocenters. The van der Waals surface area contributed by atoms with Crippen LogP contribution in [0.3, 0.4) is 0 Å². The molecule has 96 valence electrons. The van der Waals surface area contributed by atoms with Crippen LogP contribution in [-0.4, -0.2) is 26.2 Å². The molecule has 1 atom stereocenters. The lowest BCUT2D eigenvalue weighted by atomic mass is 9.84. The Hall–Kier alpha value is -1.39. The highest BCUT2D eigenvalue weighted by Gasteiger charge is 2.48. The average molecular weight is 247 g/mol. The number of esters is 1. The van der Waals surface area contributed by atoms with E-state index in [0.717, 1.165) is 37.1 Å². The number of ether oxygens (including phenoxy) is 2. The average Bonchev–Trinajstić information content (AvgIpc) is 2.74. The summed E-state index contributed by atoms with van der Waals surface area (Å²) >= 11 is 0. The summed E-state index contributed by atoms with van der Waals surface area (Å²) in [5.41, 5.74) is 1.81. The fourth-order valence-corrected chi connectivity index (χ4v) is 2.99. The van der Waals surface area contributed by atoms with Crippen LogP contribution in [0.1, 0.15) is 30.1 Å². The number of methoxy groups -OCH3 is 1. The van der Waals surface area contributed by atoms with Crippen LogP contribution in [0.25, 0.3) is 0 Å². The first-order valence-electron chi connectivity index (χ1n) is 6.33. The number of nitrogens with one attached hydrogen (secondary N) is 1. The fourth-order valence-electron chi connectivity index (χ4n) is 2.99. The molecule has 1 saturated heterocycles. The van der Waals surface area contributed by atoms with E-state index < -0.39 is 6.10 Å². The first kappa shape index (κ1) is 11.7. The molecule has 0 saturated carbocycles. The molecule has 2 aliphatic heterocycles. The van der Waals surface area contributed by atoms with Gasteiger partial charge in [-0.2, -0.15) is 0 Å². The van der Waals surface area contributed by atoms with E-state index in [4.69, 9.17) is 9.47 Å². The highest BCUT2D eigenvalue weighted by molar-refractivity contribution is 5.78. The second-order valence-electron chi connectivity index (χ2n) is 4.85. The summed E-state index contributed by atoms with van der Waals surface area (Å²) in [5, 5.41) is 3.33. The Morgan fingerprint density at radius 1 is 1.39 bits per heavy atom. The van der Waals surface area contributed by atoms with E-state index in [9.17, 15) is 4.79 Å². The van der Waals surface area contributed by atoms with E-state index in [1.807, 2.05) is 18.2 Å². The summed E-state index contributed by atoms with van der Waals surface area (Å²) in [4.78, 5) is 11.8. The second kappa shape index (κ2) is 4.37. The molecular weight excluding hydrogens is 230 g/mol. The van der Waals surface area contributed by atoms with Crippen molar-refractivity contribution in [3.63, 3.8) is 0 Å². The smallest absolute Gasteiger partial charge is 0.339 e. The molecule has 0 amide bonds. The van der Waals surface area contributed by atoms with E-state index in [1.165, 1.54) is 7.11 Å². The molecule has 0 aliphatic carbocycles. The van der Waals surface area contributed by atoms with Gasteiger partial charge in [0, 0.05) is 0 Å². The van der Waals surface area contributed by atoms with Crippen molar-refractivity contribution in [1.29, 1.82) is 0 Å². The molecule has 1 aromatic rings. The van der Waals surface area contributed by atoms with Crippen molar-refractivity contribution in [2.45, 2.75) is 24.5 Å². The summed E-state index contributed by atoms with van der Waals surface area (Å²) in [6, 6.07) is 7.99. The summed E-state index contributed by atoms with van der Waals surface area (Å²) in [6.07, 6.45) is 1.24. The topological polar surface area (TPSA) is 47.6 Å². The predicted octanol–water partition coefficient (Wildman–Crippen LogP) is 1.51. The number of hydrogen-bond acceptors (Lipinski definition) is 4. The molecule has 1 aromatic carbocycles. The molecule has 2 heterocycles. The summed E-state index contributed by atoms with van der Waals surface area (Å²) < 4.78 is 10.9. The van der Waals surface area contributed by atoms with Gasteiger partial charge in [-0.1, -0.05) is 24.3 Å². The number of rotatable bonds is 1. The molecule has 2 aliphatic rings. The van der Waals surface area contributed by atoms with Crippen LogP contribution in [0.15, 0.2) is 24.3 Å². The minimum atomic E-state index is -0.565. The second-order valence-corrected chi connectivity index (χ2v) is 4.85. The summed E-state index contributed by atoms with van der Waals surface area (Å²) in [7, 11) is 1.40. The Morgan fingerprint density at radius 2 is 2.11 bits per heavy atom. The van der Waals surface area contributed by atoms with Gasteiger partial charge in [0.25, 0.3) is 0 Å². The number of hydrogen-bond donors (Lipinski definition) is 1. The Labute approximate surface area is 106 Å². The number of fused-ring (bicyclic) bond motifs is 2. The maximum absolute atomic E-state index is 11.8. The molecule has 0 radical (unpaired) electrons. The third-order valence-electron chi connectivity index (χ3n) is 3.90. The first-order valence-corrected chi connectivity index (χ1v) is 6.33. The molecule has 1 N–H and O–H groups in total. The van der Waals surface area contributed by atoms with Gasteiger partial charge in [0.1, 0.15) is 0 Å². The molecule has 0 bridgehead atoms. The minimum Gasteiger partial charge on any atom is -0.467 e. The number of benzene rings is 1. The number of carbonyl (C=O) groups is 1. The largest absolute Gasteiger partial charge is 0.467 e. The zero-order valence-corrected chi connectivity index (χ0v) is 10.4. The molecule has 1 fully saturated rings. The Balaban J connectivity index is 2.03. The van der Waals surface area contributed by atoms with Crippen LogP contribution in [0.5, 0.6) is 0 Å². The van der Waals surface area contributed by atoms with Crippen LogP contribution in [-0.2, 0) is 19.9 Å². The van der Waals surface area contributed by atoms with Crippen LogP contribution in [0, 0.1) is 0 Å². The molecule has 3 rings (SSSR count). The van der Waals surface area contributed by atoms with Crippen molar-refractivity contribution in [1.82, 2.24) is 5.32 Å². The first-order chi connectivity index (χ1) is 8.77. The molecule has 4 heteroatoms. The lowest BCUT2D eigenvalue weighted by molar-refractivity contribution is -0.167. The molecule has 18 heavy (non-hydrogen) atoms. The maximum Gasteiger partial charge on any atom is 0.339 e. The third-order valence-corrected chi connectivity index (χ3v) is 3.90. The lowest BCUT2D eigenvalue weighted by Gasteiger charge is -2.34. The van der Waals surface area contributed by atoms with Crippen molar-refractivity contribution in [2.75, 3.05) is 20.2 Å². The van der Waals surface area contributed by atoms with Crippen LogP contribution < -0.4 is 5.32 Å². The van der Waals surface area contributed by atoms with Crippen LogP contribution in [0.2, 0.25) is 0 Å². The van der Waals surface area contributed by atoms with Crippen LogP contribution >= 0.6 is 0 Å². The van der Waals surface area contributed by atoms with Gasteiger partial charge in [0.2, 0.25) is 0 Å². The molecule has 1 spiro atoms.